The summed E-state index contributed by atoms with van der Waals surface area (Å²) in [6.07, 6.45) is 2.52. The van der Waals surface area contributed by atoms with Gasteiger partial charge in [-0.05, 0) is 19.4 Å². The van der Waals surface area contributed by atoms with Crippen LogP contribution in [-0.2, 0) is 6.54 Å². The maximum Gasteiger partial charge on any atom is 0.134 e. The fraction of sp³-hybridized carbons (Fsp3) is 0.429. The van der Waals surface area contributed by atoms with Gasteiger partial charge < -0.3 is 14.8 Å². The number of rotatable bonds is 5. The maximum absolute atomic E-state index is 9.88. The third-order valence-corrected chi connectivity index (χ3v) is 3.14. The Morgan fingerprint density at radius 1 is 1.35 bits per heavy atom. The molecule has 0 amide bonds. The van der Waals surface area contributed by atoms with E-state index in [-0.39, 0.29) is 0 Å². The second-order valence-electron chi connectivity index (χ2n) is 4.71. The quantitative estimate of drug-likeness (QED) is 0.834. The molecule has 2 rings (SSSR count). The molecule has 1 aromatic carbocycles. The van der Waals surface area contributed by atoms with Crippen LogP contribution < -0.4 is 5.32 Å². The molecular formula is C14H19NO2. The Balaban J connectivity index is 2.00. The number of aliphatic hydroxyl groups is 1. The van der Waals surface area contributed by atoms with E-state index in [1.165, 1.54) is 0 Å². The summed E-state index contributed by atoms with van der Waals surface area (Å²) in [4.78, 5) is 0. The van der Waals surface area contributed by atoms with Gasteiger partial charge in [-0.1, -0.05) is 25.1 Å². The summed E-state index contributed by atoms with van der Waals surface area (Å²) in [6.45, 7) is 5.12. The number of furan rings is 1. The SMILES string of the molecule is CCC(C)(O)CNCc1coc2ccccc12. The number of hydrogen-bond donors (Lipinski definition) is 2. The van der Waals surface area contributed by atoms with Gasteiger partial charge >= 0.3 is 0 Å². The Morgan fingerprint density at radius 3 is 2.88 bits per heavy atom. The minimum Gasteiger partial charge on any atom is -0.464 e. The number of nitrogens with one attached hydrogen (secondary N) is 1. The molecule has 1 unspecified atom stereocenters. The predicted octanol–water partition coefficient (Wildman–Crippen LogP) is 2.68. The molecular weight excluding hydrogens is 214 g/mol. The lowest BCUT2D eigenvalue weighted by molar-refractivity contribution is 0.0556. The van der Waals surface area contributed by atoms with E-state index in [1.54, 1.807) is 6.26 Å². The van der Waals surface area contributed by atoms with Gasteiger partial charge in [-0.2, -0.15) is 0 Å². The summed E-state index contributed by atoms with van der Waals surface area (Å²) in [7, 11) is 0. The monoisotopic (exact) mass is 233 g/mol. The maximum atomic E-state index is 9.88. The highest BCUT2D eigenvalue weighted by molar-refractivity contribution is 5.80. The third kappa shape index (κ3) is 2.87. The first-order chi connectivity index (χ1) is 8.12. The first-order valence-electron chi connectivity index (χ1n) is 6.00. The number of fused-ring (bicyclic) bond motifs is 1. The van der Waals surface area contributed by atoms with Crippen molar-refractivity contribution in [3.8, 4) is 0 Å². The van der Waals surface area contributed by atoms with E-state index in [2.05, 4.69) is 5.32 Å². The molecule has 3 nitrogen and oxygen atoms in total. The summed E-state index contributed by atoms with van der Waals surface area (Å²) in [5.41, 5.74) is 1.40. The van der Waals surface area contributed by atoms with Crippen molar-refractivity contribution in [2.75, 3.05) is 6.54 Å². The van der Waals surface area contributed by atoms with Crippen molar-refractivity contribution in [1.82, 2.24) is 5.32 Å². The highest BCUT2D eigenvalue weighted by Crippen LogP contribution is 2.20. The van der Waals surface area contributed by atoms with Gasteiger partial charge in [0.1, 0.15) is 5.58 Å². The molecule has 92 valence electrons. The zero-order chi connectivity index (χ0) is 12.3. The Bertz CT molecular complexity index is 488. The minimum absolute atomic E-state index is 0.586. The molecule has 1 aromatic heterocycles. The molecule has 17 heavy (non-hydrogen) atoms. The zero-order valence-electron chi connectivity index (χ0n) is 10.4. The Labute approximate surface area is 101 Å². The van der Waals surface area contributed by atoms with Gasteiger partial charge in [-0.15, -0.1) is 0 Å². The first kappa shape index (κ1) is 12.1. The molecule has 0 aliphatic heterocycles. The normalized spacial score (nSPS) is 15.0. The van der Waals surface area contributed by atoms with Crippen LogP contribution in [0.1, 0.15) is 25.8 Å². The molecule has 1 heterocycles. The fourth-order valence-electron chi connectivity index (χ4n) is 1.76. The Morgan fingerprint density at radius 2 is 2.12 bits per heavy atom. The van der Waals surface area contributed by atoms with Gasteiger partial charge in [-0.25, -0.2) is 0 Å². The van der Waals surface area contributed by atoms with Gasteiger partial charge in [0, 0.05) is 24.0 Å². The van der Waals surface area contributed by atoms with Gasteiger partial charge in [0.25, 0.3) is 0 Å². The minimum atomic E-state index is -0.639. The van der Waals surface area contributed by atoms with Crippen molar-refractivity contribution in [1.29, 1.82) is 0 Å². The molecule has 0 saturated carbocycles. The lowest BCUT2D eigenvalue weighted by Crippen LogP contribution is -2.36. The summed E-state index contributed by atoms with van der Waals surface area (Å²) >= 11 is 0. The topological polar surface area (TPSA) is 45.4 Å². The van der Waals surface area contributed by atoms with E-state index in [4.69, 9.17) is 4.42 Å². The van der Waals surface area contributed by atoms with Crippen molar-refractivity contribution in [2.24, 2.45) is 0 Å². The molecule has 1 atom stereocenters. The molecule has 3 heteroatoms. The number of benzene rings is 1. The van der Waals surface area contributed by atoms with Gasteiger partial charge in [0.2, 0.25) is 0 Å². The summed E-state index contributed by atoms with van der Waals surface area (Å²) in [5.74, 6) is 0. The second-order valence-corrected chi connectivity index (χ2v) is 4.71. The number of para-hydroxylation sites is 1. The highest BCUT2D eigenvalue weighted by Gasteiger charge is 2.16. The molecule has 0 fully saturated rings. The number of hydrogen-bond acceptors (Lipinski definition) is 3. The van der Waals surface area contributed by atoms with Gasteiger partial charge in [0.05, 0.1) is 11.9 Å². The largest absolute Gasteiger partial charge is 0.464 e. The fourth-order valence-corrected chi connectivity index (χ4v) is 1.76. The summed E-state index contributed by atoms with van der Waals surface area (Å²) in [6, 6.07) is 7.98. The smallest absolute Gasteiger partial charge is 0.134 e. The van der Waals surface area contributed by atoms with Crippen molar-refractivity contribution >= 4 is 11.0 Å². The average molecular weight is 233 g/mol. The Kier molecular flexibility index (Phi) is 3.50. The Hall–Kier alpha value is -1.32. The van der Waals surface area contributed by atoms with E-state index >= 15 is 0 Å². The van der Waals surface area contributed by atoms with E-state index in [0.717, 1.165) is 23.0 Å². The van der Waals surface area contributed by atoms with Crippen molar-refractivity contribution < 1.29 is 9.52 Å². The molecule has 0 spiro atoms. The van der Waals surface area contributed by atoms with E-state index in [0.29, 0.717) is 13.1 Å². The molecule has 2 N–H and O–H groups in total. The van der Waals surface area contributed by atoms with Crippen LogP contribution in [0.25, 0.3) is 11.0 Å². The molecule has 2 aromatic rings. The van der Waals surface area contributed by atoms with Crippen LogP contribution >= 0.6 is 0 Å². The van der Waals surface area contributed by atoms with Crippen LogP contribution in [0, 0.1) is 0 Å². The summed E-state index contributed by atoms with van der Waals surface area (Å²) < 4.78 is 5.46. The van der Waals surface area contributed by atoms with Crippen LogP contribution in [0.3, 0.4) is 0 Å². The van der Waals surface area contributed by atoms with Gasteiger partial charge in [0.15, 0.2) is 0 Å². The van der Waals surface area contributed by atoms with Crippen LogP contribution in [-0.4, -0.2) is 17.3 Å². The van der Waals surface area contributed by atoms with E-state index in [9.17, 15) is 5.11 Å². The van der Waals surface area contributed by atoms with Crippen molar-refractivity contribution in [3.63, 3.8) is 0 Å². The predicted molar refractivity (Wildman–Crippen MR) is 68.8 cm³/mol. The van der Waals surface area contributed by atoms with Gasteiger partial charge in [-0.3, -0.25) is 0 Å². The third-order valence-electron chi connectivity index (χ3n) is 3.14. The second kappa shape index (κ2) is 4.90. The molecule has 0 aliphatic rings. The van der Waals surface area contributed by atoms with E-state index in [1.807, 2.05) is 38.1 Å². The van der Waals surface area contributed by atoms with Crippen LogP contribution in [0.5, 0.6) is 0 Å². The molecule has 0 saturated heterocycles. The van der Waals surface area contributed by atoms with Crippen LogP contribution in [0.15, 0.2) is 34.9 Å². The molecule has 0 bridgehead atoms. The first-order valence-corrected chi connectivity index (χ1v) is 6.00. The van der Waals surface area contributed by atoms with Crippen LogP contribution in [0.4, 0.5) is 0 Å². The van der Waals surface area contributed by atoms with Crippen molar-refractivity contribution in [3.05, 3.63) is 36.1 Å². The standard InChI is InChI=1S/C14H19NO2/c1-3-14(2,16)10-15-8-11-9-17-13-7-5-4-6-12(11)13/h4-7,9,15-16H,3,8,10H2,1-2H3. The molecule has 0 aliphatic carbocycles. The van der Waals surface area contributed by atoms with E-state index < -0.39 is 5.60 Å². The highest BCUT2D eigenvalue weighted by atomic mass is 16.3. The van der Waals surface area contributed by atoms with Crippen LogP contribution in [0.2, 0.25) is 0 Å². The molecule has 0 radical (unpaired) electrons. The summed E-state index contributed by atoms with van der Waals surface area (Å²) in [5, 5.41) is 14.3. The average Bonchev–Trinajstić information content (AvgIpc) is 2.73. The zero-order valence-corrected chi connectivity index (χ0v) is 10.4. The lowest BCUT2D eigenvalue weighted by Gasteiger charge is -2.21. The van der Waals surface area contributed by atoms with Crippen molar-refractivity contribution in [2.45, 2.75) is 32.4 Å². The lowest BCUT2D eigenvalue weighted by atomic mass is 10.0.